The average Bonchev–Trinajstić information content (AvgIpc) is 3.08. The predicted molar refractivity (Wildman–Crippen MR) is 78.7 cm³/mol. The molecule has 0 aromatic carbocycles. The van der Waals surface area contributed by atoms with Crippen LogP contribution in [0.25, 0.3) is 0 Å². The molecule has 1 amide bonds. The van der Waals surface area contributed by atoms with Crippen LogP contribution in [0.15, 0.2) is 36.8 Å². The molecule has 0 aliphatic carbocycles. The monoisotopic (exact) mass is 283 g/mol. The first-order valence-electron chi connectivity index (χ1n) is 7.08. The molecule has 1 N–H and O–H groups in total. The maximum Gasteiger partial charge on any atom is 0.272 e. The number of aromatic nitrogens is 3. The Morgan fingerprint density at radius 2 is 2.10 bits per heavy atom. The van der Waals surface area contributed by atoms with Crippen LogP contribution in [0.5, 0.6) is 0 Å². The first-order valence-corrected chi connectivity index (χ1v) is 7.08. The second-order valence-electron chi connectivity index (χ2n) is 4.98. The van der Waals surface area contributed by atoms with Crippen LogP contribution >= 0.6 is 0 Å². The molecule has 6 heteroatoms. The Morgan fingerprint density at radius 1 is 1.24 bits per heavy atom. The quantitative estimate of drug-likeness (QED) is 0.925. The van der Waals surface area contributed by atoms with Crippen molar-refractivity contribution in [2.24, 2.45) is 0 Å². The van der Waals surface area contributed by atoms with Crippen molar-refractivity contribution >= 4 is 11.9 Å². The minimum atomic E-state index is -0.0145. The topological polar surface area (TPSA) is 71.0 Å². The fraction of sp³-hybridized carbons (Fsp3) is 0.333. The molecule has 2 aromatic rings. The van der Waals surface area contributed by atoms with E-state index in [1.54, 1.807) is 24.7 Å². The number of hydrogen-bond donors (Lipinski definition) is 1. The van der Waals surface area contributed by atoms with Gasteiger partial charge in [-0.1, -0.05) is 6.07 Å². The molecule has 108 valence electrons. The van der Waals surface area contributed by atoms with E-state index in [0.29, 0.717) is 18.2 Å². The molecule has 3 heterocycles. The molecule has 1 fully saturated rings. The van der Waals surface area contributed by atoms with Gasteiger partial charge in [-0.25, -0.2) is 9.97 Å². The summed E-state index contributed by atoms with van der Waals surface area (Å²) in [6.07, 6.45) is 7.27. The molecule has 0 atom stereocenters. The maximum atomic E-state index is 12.3. The van der Waals surface area contributed by atoms with Crippen LogP contribution in [0.2, 0.25) is 0 Å². The summed E-state index contributed by atoms with van der Waals surface area (Å²) >= 11 is 0. The number of likely N-dealkylation sites (tertiary alicyclic amines) is 1. The van der Waals surface area contributed by atoms with Crippen LogP contribution in [0.3, 0.4) is 0 Å². The van der Waals surface area contributed by atoms with E-state index < -0.39 is 0 Å². The largest absolute Gasteiger partial charge is 0.350 e. The third-order valence-electron chi connectivity index (χ3n) is 3.44. The zero-order chi connectivity index (χ0) is 14.5. The van der Waals surface area contributed by atoms with Gasteiger partial charge >= 0.3 is 0 Å². The molecule has 2 aromatic heterocycles. The summed E-state index contributed by atoms with van der Waals surface area (Å²) in [7, 11) is 0. The van der Waals surface area contributed by atoms with Crippen LogP contribution in [0, 0.1) is 0 Å². The van der Waals surface area contributed by atoms with Crippen LogP contribution in [0.4, 0.5) is 5.95 Å². The smallest absolute Gasteiger partial charge is 0.272 e. The Labute approximate surface area is 123 Å². The zero-order valence-corrected chi connectivity index (χ0v) is 11.7. The highest BCUT2D eigenvalue weighted by Crippen LogP contribution is 2.12. The van der Waals surface area contributed by atoms with Gasteiger partial charge in [-0.2, -0.15) is 0 Å². The second-order valence-corrected chi connectivity index (χ2v) is 4.98. The predicted octanol–water partition coefficient (Wildman–Crippen LogP) is 1.72. The van der Waals surface area contributed by atoms with Crippen LogP contribution in [-0.4, -0.2) is 38.8 Å². The van der Waals surface area contributed by atoms with Crippen molar-refractivity contribution in [2.75, 3.05) is 18.4 Å². The fourth-order valence-electron chi connectivity index (χ4n) is 2.33. The van der Waals surface area contributed by atoms with Crippen molar-refractivity contribution in [1.82, 2.24) is 19.9 Å². The fourth-order valence-corrected chi connectivity index (χ4v) is 2.33. The lowest BCUT2D eigenvalue weighted by molar-refractivity contribution is 0.0787. The summed E-state index contributed by atoms with van der Waals surface area (Å²) in [6.45, 7) is 2.22. The Hall–Kier alpha value is -2.50. The first-order chi connectivity index (χ1) is 10.3. The van der Waals surface area contributed by atoms with Crippen LogP contribution < -0.4 is 5.32 Å². The van der Waals surface area contributed by atoms with E-state index in [0.717, 1.165) is 31.5 Å². The Kier molecular flexibility index (Phi) is 4.04. The van der Waals surface area contributed by atoms with Gasteiger partial charge in [-0.05, 0) is 30.5 Å². The third-order valence-corrected chi connectivity index (χ3v) is 3.44. The van der Waals surface area contributed by atoms with Crippen LogP contribution in [0.1, 0.15) is 28.9 Å². The van der Waals surface area contributed by atoms with Gasteiger partial charge in [0.05, 0.1) is 0 Å². The summed E-state index contributed by atoms with van der Waals surface area (Å²) in [5.74, 6) is 0.447. The average molecular weight is 283 g/mol. The molecule has 0 spiro atoms. The number of nitrogens with one attached hydrogen (secondary N) is 1. The maximum absolute atomic E-state index is 12.3. The van der Waals surface area contributed by atoms with Gasteiger partial charge in [-0.15, -0.1) is 0 Å². The number of anilines is 1. The summed E-state index contributed by atoms with van der Waals surface area (Å²) in [6, 6.07) is 5.51. The molecular weight excluding hydrogens is 266 g/mol. The number of amides is 1. The Morgan fingerprint density at radius 3 is 2.86 bits per heavy atom. The summed E-state index contributed by atoms with van der Waals surface area (Å²) in [4.78, 5) is 26.6. The number of carbonyl (C=O) groups excluding carboxylic acids is 1. The van der Waals surface area contributed by atoms with Gasteiger partial charge in [0.1, 0.15) is 5.69 Å². The normalized spacial score (nSPS) is 14.2. The van der Waals surface area contributed by atoms with E-state index in [9.17, 15) is 4.79 Å². The van der Waals surface area contributed by atoms with Gasteiger partial charge in [-0.3, -0.25) is 9.78 Å². The van der Waals surface area contributed by atoms with E-state index in [1.807, 2.05) is 17.0 Å². The van der Waals surface area contributed by atoms with Gasteiger partial charge in [0, 0.05) is 38.2 Å². The summed E-state index contributed by atoms with van der Waals surface area (Å²) in [5, 5.41) is 3.11. The van der Waals surface area contributed by atoms with Gasteiger partial charge in [0.25, 0.3) is 5.91 Å². The number of pyridine rings is 1. The zero-order valence-electron chi connectivity index (χ0n) is 11.7. The highest BCUT2D eigenvalue weighted by molar-refractivity contribution is 5.92. The number of rotatable bonds is 4. The van der Waals surface area contributed by atoms with E-state index in [-0.39, 0.29) is 5.91 Å². The summed E-state index contributed by atoms with van der Waals surface area (Å²) in [5.41, 5.74) is 1.48. The lowest BCUT2D eigenvalue weighted by atomic mass is 10.3. The highest BCUT2D eigenvalue weighted by Gasteiger charge is 2.20. The molecule has 1 aliphatic heterocycles. The molecule has 6 nitrogen and oxygen atoms in total. The molecule has 0 unspecified atom stereocenters. The number of hydrogen-bond acceptors (Lipinski definition) is 5. The van der Waals surface area contributed by atoms with Gasteiger partial charge < -0.3 is 10.2 Å². The second kappa shape index (κ2) is 6.30. The lowest BCUT2D eigenvalue weighted by Gasteiger charge is -2.14. The van der Waals surface area contributed by atoms with Crippen molar-refractivity contribution < 1.29 is 4.79 Å². The van der Waals surface area contributed by atoms with Crippen molar-refractivity contribution in [3.8, 4) is 0 Å². The van der Waals surface area contributed by atoms with Crippen molar-refractivity contribution in [2.45, 2.75) is 19.4 Å². The number of nitrogens with zero attached hydrogens (tertiary/aromatic N) is 4. The van der Waals surface area contributed by atoms with E-state index in [4.69, 9.17) is 0 Å². The Balaban J connectivity index is 1.66. The minimum Gasteiger partial charge on any atom is -0.350 e. The van der Waals surface area contributed by atoms with Crippen molar-refractivity contribution in [3.05, 3.63) is 48.0 Å². The Bertz CT molecular complexity index is 610. The van der Waals surface area contributed by atoms with E-state index in [1.165, 1.54) is 0 Å². The first kappa shape index (κ1) is 13.5. The molecule has 3 rings (SSSR count). The van der Waals surface area contributed by atoms with Crippen molar-refractivity contribution in [3.63, 3.8) is 0 Å². The lowest BCUT2D eigenvalue weighted by Crippen LogP contribution is -2.28. The minimum absolute atomic E-state index is 0.0145. The van der Waals surface area contributed by atoms with E-state index >= 15 is 0 Å². The third kappa shape index (κ3) is 3.34. The number of carbonyl (C=O) groups is 1. The van der Waals surface area contributed by atoms with Crippen molar-refractivity contribution in [1.29, 1.82) is 0 Å². The molecule has 21 heavy (non-hydrogen) atoms. The standard InChI is InChI=1S/C15H17N5O/c21-14(20-8-1-2-9-20)13-5-7-17-15(19-13)18-11-12-4-3-6-16-10-12/h3-7,10H,1-2,8-9,11H2,(H,17,18,19). The molecule has 1 saturated heterocycles. The molecular formula is C15H17N5O. The molecule has 0 saturated carbocycles. The highest BCUT2D eigenvalue weighted by atomic mass is 16.2. The molecule has 1 aliphatic rings. The van der Waals surface area contributed by atoms with E-state index in [2.05, 4.69) is 20.3 Å². The van der Waals surface area contributed by atoms with Crippen LogP contribution in [-0.2, 0) is 6.54 Å². The van der Waals surface area contributed by atoms with Gasteiger partial charge in [0.15, 0.2) is 0 Å². The van der Waals surface area contributed by atoms with Gasteiger partial charge in [0.2, 0.25) is 5.95 Å². The SMILES string of the molecule is O=C(c1ccnc(NCc2cccnc2)n1)N1CCCC1. The molecule has 0 radical (unpaired) electrons. The summed E-state index contributed by atoms with van der Waals surface area (Å²) < 4.78 is 0. The molecule has 0 bridgehead atoms.